The van der Waals surface area contributed by atoms with Crippen molar-refractivity contribution in [2.45, 2.75) is 52.7 Å². The lowest BCUT2D eigenvalue weighted by Crippen LogP contribution is -2.50. The van der Waals surface area contributed by atoms with Gasteiger partial charge in [0.25, 0.3) is 0 Å². The Kier molecular flexibility index (Phi) is 4.77. The van der Waals surface area contributed by atoms with Crippen molar-refractivity contribution in [1.29, 1.82) is 0 Å². The number of nitrogens with one attached hydrogen (secondary N) is 2. The van der Waals surface area contributed by atoms with Crippen LogP contribution in [0.25, 0.3) is 0 Å². The average Bonchev–Trinajstić information content (AvgIpc) is 2.13. The number of ether oxygens (including phenoxy) is 1. The SMILES string of the molecule is CC(C)(C)CC(C)(C)NCC1CNCCO1. The maximum atomic E-state index is 5.68. The fraction of sp³-hybridized carbons (Fsp3) is 1.00. The molecular weight excluding hydrogens is 200 g/mol. The van der Waals surface area contributed by atoms with E-state index in [2.05, 4.69) is 45.3 Å². The lowest BCUT2D eigenvalue weighted by Gasteiger charge is -2.35. The molecule has 16 heavy (non-hydrogen) atoms. The molecule has 0 aliphatic carbocycles. The molecule has 0 aromatic heterocycles. The van der Waals surface area contributed by atoms with Crippen LogP contribution in [0.15, 0.2) is 0 Å². The second kappa shape index (κ2) is 5.48. The van der Waals surface area contributed by atoms with E-state index in [4.69, 9.17) is 4.74 Å². The predicted molar refractivity (Wildman–Crippen MR) is 68.8 cm³/mol. The van der Waals surface area contributed by atoms with E-state index in [1.807, 2.05) is 0 Å². The molecule has 0 amide bonds. The molecule has 1 unspecified atom stereocenters. The Balaban J connectivity index is 2.29. The fourth-order valence-corrected chi connectivity index (χ4v) is 2.53. The molecule has 1 heterocycles. The minimum atomic E-state index is 0.180. The number of morpholine rings is 1. The average molecular weight is 228 g/mol. The van der Waals surface area contributed by atoms with Crippen molar-refractivity contribution in [3.05, 3.63) is 0 Å². The smallest absolute Gasteiger partial charge is 0.0824 e. The first kappa shape index (κ1) is 13.9. The third-order valence-electron chi connectivity index (χ3n) is 2.78. The van der Waals surface area contributed by atoms with Crippen LogP contribution in [-0.2, 0) is 4.74 Å². The number of hydrogen-bond acceptors (Lipinski definition) is 3. The van der Waals surface area contributed by atoms with Gasteiger partial charge in [0.05, 0.1) is 12.7 Å². The van der Waals surface area contributed by atoms with Crippen LogP contribution in [0.5, 0.6) is 0 Å². The molecule has 0 radical (unpaired) electrons. The maximum absolute atomic E-state index is 5.68. The highest BCUT2D eigenvalue weighted by Gasteiger charge is 2.26. The summed E-state index contributed by atoms with van der Waals surface area (Å²) in [6.45, 7) is 15.1. The molecule has 3 nitrogen and oxygen atoms in total. The van der Waals surface area contributed by atoms with E-state index in [9.17, 15) is 0 Å². The van der Waals surface area contributed by atoms with E-state index < -0.39 is 0 Å². The zero-order valence-corrected chi connectivity index (χ0v) is 11.5. The Bertz CT molecular complexity index is 202. The van der Waals surface area contributed by atoms with E-state index in [0.29, 0.717) is 11.5 Å². The van der Waals surface area contributed by atoms with Crippen LogP contribution in [0, 0.1) is 5.41 Å². The van der Waals surface area contributed by atoms with Crippen LogP contribution < -0.4 is 10.6 Å². The normalized spacial score (nSPS) is 23.4. The molecule has 0 aromatic carbocycles. The molecular formula is C13H28N2O. The van der Waals surface area contributed by atoms with E-state index >= 15 is 0 Å². The fourth-order valence-electron chi connectivity index (χ4n) is 2.53. The van der Waals surface area contributed by atoms with Crippen LogP contribution in [0.2, 0.25) is 0 Å². The van der Waals surface area contributed by atoms with Gasteiger partial charge in [0.1, 0.15) is 0 Å². The van der Waals surface area contributed by atoms with Gasteiger partial charge in [-0.25, -0.2) is 0 Å². The molecule has 0 spiro atoms. The van der Waals surface area contributed by atoms with E-state index in [0.717, 1.165) is 26.2 Å². The van der Waals surface area contributed by atoms with Gasteiger partial charge >= 0.3 is 0 Å². The number of hydrogen-bond donors (Lipinski definition) is 2. The Morgan fingerprint density at radius 1 is 1.25 bits per heavy atom. The molecule has 1 atom stereocenters. The molecule has 0 saturated carbocycles. The highest BCUT2D eigenvalue weighted by atomic mass is 16.5. The molecule has 0 bridgehead atoms. The molecule has 1 rings (SSSR count). The van der Waals surface area contributed by atoms with Crippen molar-refractivity contribution in [2.24, 2.45) is 5.41 Å². The van der Waals surface area contributed by atoms with Gasteiger partial charge in [-0.15, -0.1) is 0 Å². The summed E-state index contributed by atoms with van der Waals surface area (Å²) in [5, 5.41) is 6.97. The second-order valence-corrected chi connectivity index (χ2v) is 6.70. The lowest BCUT2D eigenvalue weighted by molar-refractivity contribution is 0.0234. The molecule has 1 aliphatic heterocycles. The summed E-state index contributed by atoms with van der Waals surface area (Å²) in [7, 11) is 0. The zero-order valence-electron chi connectivity index (χ0n) is 11.5. The van der Waals surface area contributed by atoms with Crippen molar-refractivity contribution in [2.75, 3.05) is 26.2 Å². The van der Waals surface area contributed by atoms with Crippen LogP contribution in [0.1, 0.15) is 41.0 Å². The van der Waals surface area contributed by atoms with Crippen molar-refractivity contribution < 1.29 is 4.74 Å². The Hall–Kier alpha value is -0.120. The summed E-state index contributed by atoms with van der Waals surface area (Å²) >= 11 is 0. The summed E-state index contributed by atoms with van der Waals surface area (Å²) < 4.78 is 5.68. The van der Waals surface area contributed by atoms with E-state index in [1.54, 1.807) is 0 Å². The summed E-state index contributed by atoms with van der Waals surface area (Å²) in [5.41, 5.74) is 0.543. The minimum absolute atomic E-state index is 0.180. The van der Waals surface area contributed by atoms with Gasteiger partial charge in [-0.3, -0.25) is 0 Å². The van der Waals surface area contributed by atoms with Crippen LogP contribution in [0.3, 0.4) is 0 Å². The standard InChI is InChI=1S/C13H28N2O/c1-12(2,3)10-13(4,5)15-9-11-8-14-6-7-16-11/h11,14-15H,6-10H2,1-5H3. The van der Waals surface area contributed by atoms with Gasteiger partial charge in [-0.1, -0.05) is 20.8 Å². The predicted octanol–water partition coefficient (Wildman–Crippen LogP) is 1.78. The van der Waals surface area contributed by atoms with Gasteiger partial charge in [0, 0.05) is 25.2 Å². The van der Waals surface area contributed by atoms with Gasteiger partial charge in [-0.2, -0.15) is 0 Å². The summed E-state index contributed by atoms with van der Waals surface area (Å²) in [4.78, 5) is 0. The molecule has 1 saturated heterocycles. The van der Waals surface area contributed by atoms with Crippen LogP contribution in [-0.4, -0.2) is 37.9 Å². The molecule has 0 aromatic rings. The van der Waals surface area contributed by atoms with Crippen LogP contribution in [0.4, 0.5) is 0 Å². The molecule has 1 aliphatic rings. The van der Waals surface area contributed by atoms with Gasteiger partial charge < -0.3 is 15.4 Å². The lowest BCUT2D eigenvalue weighted by atomic mass is 9.82. The van der Waals surface area contributed by atoms with Crippen molar-refractivity contribution >= 4 is 0 Å². The highest BCUT2D eigenvalue weighted by Crippen LogP contribution is 2.26. The van der Waals surface area contributed by atoms with Gasteiger partial charge in [-0.05, 0) is 25.7 Å². The third kappa shape index (κ3) is 5.83. The van der Waals surface area contributed by atoms with Crippen molar-refractivity contribution in [1.82, 2.24) is 10.6 Å². The summed E-state index contributed by atoms with van der Waals surface area (Å²) in [6, 6.07) is 0. The number of rotatable bonds is 4. The topological polar surface area (TPSA) is 33.3 Å². The minimum Gasteiger partial charge on any atom is -0.374 e. The third-order valence-corrected chi connectivity index (χ3v) is 2.78. The first-order valence-corrected chi connectivity index (χ1v) is 6.36. The molecule has 1 fully saturated rings. The van der Waals surface area contributed by atoms with Crippen molar-refractivity contribution in [3.63, 3.8) is 0 Å². The largest absolute Gasteiger partial charge is 0.374 e. The van der Waals surface area contributed by atoms with Gasteiger partial charge in [0.2, 0.25) is 0 Å². The summed E-state index contributed by atoms with van der Waals surface area (Å²) in [5.74, 6) is 0. The second-order valence-electron chi connectivity index (χ2n) is 6.70. The van der Waals surface area contributed by atoms with Gasteiger partial charge in [0.15, 0.2) is 0 Å². The molecule has 2 N–H and O–H groups in total. The maximum Gasteiger partial charge on any atom is 0.0824 e. The monoisotopic (exact) mass is 228 g/mol. The summed E-state index contributed by atoms with van der Waals surface area (Å²) in [6.07, 6.45) is 1.49. The Morgan fingerprint density at radius 3 is 2.44 bits per heavy atom. The van der Waals surface area contributed by atoms with Crippen LogP contribution >= 0.6 is 0 Å². The zero-order chi connectivity index (χ0) is 12.2. The highest BCUT2D eigenvalue weighted by molar-refractivity contribution is 4.85. The Morgan fingerprint density at radius 2 is 1.94 bits per heavy atom. The Labute approximate surface area is 100 Å². The molecule has 96 valence electrons. The first-order chi connectivity index (χ1) is 7.29. The van der Waals surface area contributed by atoms with Crippen molar-refractivity contribution in [3.8, 4) is 0 Å². The molecule has 3 heteroatoms. The van der Waals surface area contributed by atoms with E-state index in [1.165, 1.54) is 6.42 Å². The quantitative estimate of drug-likeness (QED) is 0.769. The van der Waals surface area contributed by atoms with E-state index in [-0.39, 0.29) is 5.54 Å². The first-order valence-electron chi connectivity index (χ1n) is 6.36.